The average Bonchev–Trinajstić information content (AvgIpc) is 3.35. The van der Waals surface area contributed by atoms with Crippen LogP contribution in [0, 0.1) is 11.7 Å². The zero-order chi connectivity index (χ0) is 25.1. The number of hydrogen-bond acceptors (Lipinski definition) is 5. The molecule has 2 aromatic carbocycles. The van der Waals surface area contributed by atoms with E-state index in [9.17, 15) is 4.79 Å². The summed E-state index contributed by atoms with van der Waals surface area (Å²) in [6, 6.07) is 6.82. The Kier molecular flexibility index (Phi) is 7.54. The normalized spacial score (nSPS) is 13.3. The Labute approximate surface area is 220 Å². The van der Waals surface area contributed by atoms with Gasteiger partial charge in [-0.05, 0) is 55.9 Å². The van der Waals surface area contributed by atoms with Crippen molar-refractivity contribution in [1.82, 2.24) is 24.6 Å². The van der Waals surface area contributed by atoms with E-state index < -0.39 is 11.7 Å². The van der Waals surface area contributed by atoms with E-state index in [2.05, 4.69) is 36.7 Å². The molecule has 11 heteroatoms. The number of imidazole rings is 2. The van der Waals surface area contributed by atoms with Gasteiger partial charge >= 0.3 is 0 Å². The van der Waals surface area contributed by atoms with E-state index in [4.69, 9.17) is 16.4 Å². The Morgan fingerprint density at radius 2 is 2.06 bits per heavy atom. The van der Waals surface area contributed by atoms with E-state index >= 15 is 4.39 Å². The Balaban J connectivity index is 1.42. The molecule has 0 radical (unpaired) electrons. The molecule has 1 aliphatic carbocycles. The highest BCUT2D eigenvalue weighted by Crippen LogP contribution is 2.34. The lowest BCUT2D eigenvalue weighted by molar-refractivity contribution is 0.0271. The molecule has 188 valence electrons. The zero-order valence-corrected chi connectivity index (χ0v) is 21.7. The number of hydroxylamine groups is 1. The number of aryl methyl sites for hydroxylation is 2. The number of aromatic nitrogens is 4. The molecule has 0 aliphatic heterocycles. The lowest BCUT2D eigenvalue weighted by Crippen LogP contribution is -2.26. The van der Waals surface area contributed by atoms with Gasteiger partial charge in [0.25, 0.3) is 5.91 Å². The minimum Gasteiger partial charge on any atom is -0.351 e. The van der Waals surface area contributed by atoms with Crippen molar-refractivity contribution in [3.05, 3.63) is 70.2 Å². The van der Waals surface area contributed by atoms with Crippen LogP contribution in [0.5, 0.6) is 0 Å². The Bertz CT molecular complexity index is 1370. The zero-order valence-electron chi connectivity index (χ0n) is 19.4. The molecule has 0 spiro atoms. The molecule has 0 bridgehead atoms. The van der Waals surface area contributed by atoms with Crippen LogP contribution in [0.3, 0.4) is 0 Å². The predicted molar refractivity (Wildman–Crippen MR) is 140 cm³/mol. The monoisotopic (exact) mass is 574 g/mol. The summed E-state index contributed by atoms with van der Waals surface area (Å²) in [5, 5.41) is 3.37. The van der Waals surface area contributed by atoms with Crippen LogP contribution in [-0.2, 0) is 17.9 Å². The molecule has 0 saturated heterocycles. The second-order valence-corrected chi connectivity index (χ2v) is 10.2. The number of carbonyl (C=O) groups is 1. The van der Waals surface area contributed by atoms with Gasteiger partial charge in [0.2, 0.25) is 0 Å². The van der Waals surface area contributed by atoms with Gasteiger partial charge in [-0.3, -0.25) is 9.63 Å². The summed E-state index contributed by atoms with van der Waals surface area (Å²) in [6.45, 7) is 1.91. The Morgan fingerprint density at radius 1 is 1.22 bits per heavy atom. The van der Waals surface area contributed by atoms with Crippen molar-refractivity contribution < 1.29 is 14.0 Å². The molecule has 2 aromatic heterocycles. The van der Waals surface area contributed by atoms with Crippen LogP contribution >= 0.6 is 27.5 Å². The molecule has 1 amide bonds. The molecule has 0 atom stereocenters. The number of benzene rings is 2. The number of nitrogens with zero attached hydrogens (tertiary/aromatic N) is 4. The van der Waals surface area contributed by atoms with Crippen LogP contribution in [0.25, 0.3) is 11.0 Å². The molecule has 4 aromatic rings. The van der Waals surface area contributed by atoms with E-state index in [0.29, 0.717) is 35.3 Å². The van der Waals surface area contributed by atoms with Crippen molar-refractivity contribution in [2.45, 2.75) is 38.8 Å². The second kappa shape index (κ2) is 11.0. The first-order valence-corrected chi connectivity index (χ1v) is 12.9. The molecule has 1 saturated carbocycles. The van der Waals surface area contributed by atoms with Crippen LogP contribution in [0.1, 0.15) is 36.0 Å². The number of halogens is 3. The topological polar surface area (TPSA) is 86.0 Å². The third kappa shape index (κ3) is 5.71. The van der Waals surface area contributed by atoms with Gasteiger partial charge in [-0.1, -0.05) is 27.5 Å². The molecule has 1 aliphatic rings. The van der Waals surface area contributed by atoms with Gasteiger partial charge in [-0.15, -0.1) is 0 Å². The van der Waals surface area contributed by atoms with Gasteiger partial charge < -0.3 is 14.5 Å². The fourth-order valence-electron chi connectivity index (χ4n) is 3.92. The van der Waals surface area contributed by atoms with Crippen LogP contribution in [-0.4, -0.2) is 31.6 Å². The van der Waals surface area contributed by atoms with E-state index in [0.717, 1.165) is 36.7 Å². The van der Waals surface area contributed by atoms with Crippen LogP contribution < -0.4 is 10.8 Å². The molecule has 5 rings (SSSR count). The maximum Gasteiger partial charge on any atom is 0.277 e. The van der Waals surface area contributed by atoms with E-state index in [1.54, 1.807) is 43.1 Å². The molecule has 0 unspecified atom stereocenters. The molecule has 36 heavy (non-hydrogen) atoms. The lowest BCUT2D eigenvalue weighted by Gasteiger charge is -2.16. The standard InChI is InChI=1S/C25H25BrClFN6O2/c26-17-5-6-20(19(27)11-17)31-23-18(25(35)32-36-13-16-3-4-16)12-21-24(22(23)28)30-15-34(21)9-2-1-8-33-10-7-29-14-33/h5-7,10-12,14-16,31H,1-4,8-9,13H2,(H,32,35). The molecular weight excluding hydrogens is 551 g/mol. The summed E-state index contributed by atoms with van der Waals surface area (Å²) >= 11 is 9.72. The van der Waals surface area contributed by atoms with Crippen LogP contribution in [0.15, 0.2) is 53.8 Å². The van der Waals surface area contributed by atoms with Crippen molar-refractivity contribution in [3.63, 3.8) is 0 Å². The third-order valence-corrected chi connectivity index (χ3v) is 6.90. The summed E-state index contributed by atoms with van der Waals surface area (Å²) in [5.41, 5.74) is 3.74. The highest BCUT2D eigenvalue weighted by molar-refractivity contribution is 9.10. The minimum absolute atomic E-state index is 0.00963. The first-order chi connectivity index (χ1) is 17.5. The molecule has 8 nitrogen and oxygen atoms in total. The molecular formula is C25H25BrClFN6O2. The average molecular weight is 576 g/mol. The van der Waals surface area contributed by atoms with E-state index in [-0.39, 0.29) is 16.8 Å². The molecule has 2 N–H and O–H groups in total. The smallest absolute Gasteiger partial charge is 0.277 e. The SMILES string of the molecule is O=C(NOCC1CC1)c1cc2c(ncn2CCCCn2ccnc2)c(F)c1Nc1ccc(Br)cc1Cl. The first-order valence-electron chi connectivity index (χ1n) is 11.8. The number of fused-ring (bicyclic) bond motifs is 1. The van der Waals surface area contributed by atoms with Gasteiger partial charge in [-0.25, -0.2) is 19.8 Å². The van der Waals surface area contributed by atoms with Crippen molar-refractivity contribution in [1.29, 1.82) is 0 Å². The number of anilines is 2. The van der Waals surface area contributed by atoms with Gasteiger partial charge in [0.05, 0.1) is 46.7 Å². The van der Waals surface area contributed by atoms with E-state index in [1.165, 1.54) is 0 Å². The van der Waals surface area contributed by atoms with Gasteiger partial charge in [0.15, 0.2) is 5.82 Å². The first kappa shape index (κ1) is 24.7. The van der Waals surface area contributed by atoms with Gasteiger partial charge in [0, 0.05) is 30.0 Å². The summed E-state index contributed by atoms with van der Waals surface area (Å²) in [7, 11) is 0. The maximum atomic E-state index is 15.8. The third-order valence-electron chi connectivity index (χ3n) is 6.10. The quantitative estimate of drug-likeness (QED) is 0.167. The fourth-order valence-corrected chi connectivity index (χ4v) is 4.64. The predicted octanol–water partition coefficient (Wildman–Crippen LogP) is 6.08. The van der Waals surface area contributed by atoms with Crippen molar-refractivity contribution >= 4 is 55.8 Å². The number of nitrogens with one attached hydrogen (secondary N) is 2. The van der Waals surface area contributed by atoms with Crippen LogP contribution in [0.4, 0.5) is 15.8 Å². The fraction of sp³-hybridized carbons (Fsp3) is 0.320. The Morgan fingerprint density at radius 3 is 2.81 bits per heavy atom. The number of carbonyl (C=O) groups excluding carboxylic acids is 1. The summed E-state index contributed by atoms with van der Waals surface area (Å²) in [6.07, 6.45) is 11.0. The van der Waals surface area contributed by atoms with Gasteiger partial charge in [-0.2, -0.15) is 0 Å². The van der Waals surface area contributed by atoms with Gasteiger partial charge in [0.1, 0.15) is 5.52 Å². The number of rotatable bonds is 11. The Hall–Kier alpha value is -2.95. The number of unbranched alkanes of at least 4 members (excludes halogenated alkanes) is 1. The van der Waals surface area contributed by atoms with Crippen molar-refractivity contribution in [2.75, 3.05) is 11.9 Å². The molecule has 1 fully saturated rings. The largest absolute Gasteiger partial charge is 0.351 e. The van der Waals surface area contributed by atoms with E-state index in [1.807, 2.05) is 15.3 Å². The number of hydrogen-bond donors (Lipinski definition) is 2. The van der Waals surface area contributed by atoms with Crippen molar-refractivity contribution in [2.24, 2.45) is 5.92 Å². The minimum atomic E-state index is -0.629. The highest BCUT2D eigenvalue weighted by atomic mass is 79.9. The summed E-state index contributed by atoms with van der Waals surface area (Å²) in [5.74, 6) is -0.705. The number of amides is 1. The summed E-state index contributed by atoms with van der Waals surface area (Å²) in [4.78, 5) is 26.8. The van der Waals surface area contributed by atoms with Crippen LogP contribution in [0.2, 0.25) is 5.02 Å². The molecule has 2 heterocycles. The lowest BCUT2D eigenvalue weighted by atomic mass is 10.1. The summed E-state index contributed by atoms with van der Waals surface area (Å²) < 4.78 is 20.5. The highest BCUT2D eigenvalue weighted by Gasteiger charge is 2.25. The van der Waals surface area contributed by atoms with Crippen molar-refractivity contribution in [3.8, 4) is 0 Å². The maximum absolute atomic E-state index is 15.8. The second-order valence-electron chi connectivity index (χ2n) is 8.86.